The molecule has 1 aromatic carbocycles. The number of hydrogen-bond donors (Lipinski definition) is 2. The van der Waals surface area contributed by atoms with Crippen LogP contribution in [0.1, 0.15) is 50.4 Å². The number of amides is 2. The predicted octanol–water partition coefficient (Wildman–Crippen LogP) is 4.24. The molecule has 0 bridgehead atoms. The minimum absolute atomic E-state index is 0.0363. The van der Waals surface area contributed by atoms with Crippen LogP contribution in [0.2, 0.25) is 0 Å². The summed E-state index contributed by atoms with van der Waals surface area (Å²) in [6.45, 7) is 6.82. The first-order valence-corrected chi connectivity index (χ1v) is 11.2. The fourth-order valence-electron chi connectivity index (χ4n) is 3.42. The molecule has 2 amide bonds. The number of nitrogens with one attached hydrogen (secondary N) is 2. The quantitative estimate of drug-likeness (QED) is 0.430. The number of Topliss-reactive ketones (excluding diaryl/α,β-unsaturated/α-hetero) is 1. The number of anilines is 3. The first kappa shape index (κ1) is 23.8. The Bertz CT molecular complexity index is 1030. The van der Waals surface area contributed by atoms with E-state index in [-0.39, 0.29) is 30.6 Å². The van der Waals surface area contributed by atoms with Crippen LogP contribution in [-0.4, -0.2) is 46.8 Å². The molecular weight excluding hydrogens is 478 g/mol. The molecule has 0 saturated heterocycles. The monoisotopic (exact) mass is 505 g/mol. The highest BCUT2D eigenvalue weighted by atomic mass is 79.9. The molecule has 1 aliphatic heterocycles. The standard InChI is InChI=1S/C22H28BrN5O4/c1-22(2,3)32-20(30)7-5-6-17(29)14-10-15(23)12-16(11-14)27-8-9-28-19(27)13-18(26-28)25-21(31)24-4/h10-13H,5-9H2,1-4H3,(H2,24,25,26,31). The van der Waals surface area contributed by atoms with Gasteiger partial charge >= 0.3 is 12.0 Å². The van der Waals surface area contributed by atoms with Crippen molar-refractivity contribution in [2.75, 3.05) is 23.8 Å². The summed E-state index contributed by atoms with van der Waals surface area (Å²) in [7, 11) is 1.54. The first-order valence-electron chi connectivity index (χ1n) is 10.5. The highest BCUT2D eigenvalue weighted by Crippen LogP contribution is 2.34. The zero-order valence-corrected chi connectivity index (χ0v) is 20.3. The molecule has 9 nitrogen and oxygen atoms in total. The van der Waals surface area contributed by atoms with Gasteiger partial charge in [-0.1, -0.05) is 15.9 Å². The van der Waals surface area contributed by atoms with Gasteiger partial charge in [0.1, 0.15) is 11.4 Å². The zero-order chi connectivity index (χ0) is 23.5. The highest BCUT2D eigenvalue weighted by Gasteiger charge is 2.25. The Hall–Kier alpha value is -2.88. The van der Waals surface area contributed by atoms with E-state index in [1.54, 1.807) is 19.2 Å². The summed E-state index contributed by atoms with van der Waals surface area (Å²) in [4.78, 5) is 38.3. The Morgan fingerprint density at radius 3 is 2.56 bits per heavy atom. The van der Waals surface area contributed by atoms with Gasteiger partial charge in [0.15, 0.2) is 11.6 Å². The molecule has 32 heavy (non-hydrogen) atoms. The molecule has 0 aliphatic carbocycles. The van der Waals surface area contributed by atoms with Gasteiger partial charge in [-0.2, -0.15) is 5.10 Å². The molecular formula is C22H28BrN5O4. The number of carbonyl (C=O) groups is 3. The second kappa shape index (κ2) is 9.72. The Kier molecular flexibility index (Phi) is 7.22. The molecule has 2 heterocycles. The molecule has 0 spiro atoms. The lowest BCUT2D eigenvalue weighted by molar-refractivity contribution is -0.154. The molecule has 1 aliphatic rings. The number of carbonyl (C=O) groups excluding carboxylic acids is 3. The van der Waals surface area contributed by atoms with Gasteiger partial charge in [0, 0.05) is 48.2 Å². The van der Waals surface area contributed by atoms with Gasteiger partial charge in [0.2, 0.25) is 0 Å². The van der Waals surface area contributed by atoms with Crippen molar-refractivity contribution >= 4 is 51.0 Å². The maximum Gasteiger partial charge on any atom is 0.320 e. The summed E-state index contributed by atoms with van der Waals surface area (Å²) in [5.74, 6) is 0.952. The molecule has 0 fully saturated rings. The number of urea groups is 1. The molecule has 0 saturated carbocycles. The van der Waals surface area contributed by atoms with Crippen molar-refractivity contribution < 1.29 is 19.1 Å². The summed E-state index contributed by atoms with van der Waals surface area (Å²) in [6.07, 6.45) is 0.893. The van der Waals surface area contributed by atoms with E-state index in [4.69, 9.17) is 4.74 Å². The number of aromatic nitrogens is 2. The first-order chi connectivity index (χ1) is 15.1. The summed E-state index contributed by atoms with van der Waals surface area (Å²) >= 11 is 3.50. The van der Waals surface area contributed by atoms with Crippen LogP contribution in [-0.2, 0) is 16.1 Å². The highest BCUT2D eigenvalue weighted by molar-refractivity contribution is 9.10. The molecule has 0 atom stereocenters. The zero-order valence-electron chi connectivity index (χ0n) is 18.7. The van der Waals surface area contributed by atoms with Crippen LogP contribution >= 0.6 is 15.9 Å². The smallest absolute Gasteiger partial charge is 0.320 e. The van der Waals surface area contributed by atoms with Crippen molar-refractivity contribution in [3.8, 4) is 0 Å². The molecule has 172 valence electrons. The van der Waals surface area contributed by atoms with Gasteiger partial charge in [-0.05, 0) is 45.4 Å². The summed E-state index contributed by atoms with van der Waals surface area (Å²) in [6, 6.07) is 7.02. The third-order valence-electron chi connectivity index (χ3n) is 4.76. The van der Waals surface area contributed by atoms with E-state index in [2.05, 4.69) is 31.7 Å². The summed E-state index contributed by atoms with van der Waals surface area (Å²) in [5, 5.41) is 9.57. The van der Waals surface area contributed by atoms with Crippen molar-refractivity contribution in [2.24, 2.45) is 0 Å². The lowest BCUT2D eigenvalue weighted by Crippen LogP contribution is -2.24. The number of ether oxygens (including phenoxy) is 1. The van der Waals surface area contributed by atoms with Gasteiger partial charge in [0.25, 0.3) is 0 Å². The Morgan fingerprint density at radius 2 is 1.88 bits per heavy atom. The van der Waals surface area contributed by atoms with Gasteiger partial charge in [-0.25, -0.2) is 9.48 Å². The molecule has 10 heteroatoms. The lowest BCUT2D eigenvalue weighted by atomic mass is 10.0. The fraction of sp³-hybridized carbons (Fsp3) is 0.455. The van der Waals surface area contributed by atoms with Crippen LogP contribution in [0.25, 0.3) is 0 Å². The third-order valence-corrected chi connectivity index (χ3v) is 5.22. The Morgan fingerprint density at radius 1 is 1.12 bits per heavy atom. The average molecular weight is 506 g/mol. The van der Waals surface area contributed by atoms with E-state index in [9.17, 15) is 14.4 Å². The van der Waals surface area contributed by atoms with Gasteiger partial charge < -0.3 is 15.0 Å². The second-order valence-electron chi connectivity index (χ2n) is 8.53. The van der Waals surface area contributed by atoms with Crippen molar-refractivity contribution in [1.29, 1.82) is 0 Å². The molecule has 0 radical (unpaired) electrons. The number of halogens is 1. The van der Waals surface area contributed by atoms with E-state index in [1.807, 2.05) is 42.5 Å². The fourth-order valence-corrected chi connectivity index (χ4v) is 3.90. The molecule has 2 N–H and O–H groups in total. The number of fused-ring (bicyclic) bond motifs is 1. The SMILES string of the molecule is CNC(=O)Nc1cc2n(n1)CCN2c1cc(Br)cc(C(=O)CCCC(=O)OC(C)(C)C)c1. The van der Waals surface area contributed by atoms with Crippen LogP contribution in [0.4, 0.5) is 22.1 Å². The van der Waals surface area contributed by atoms with Crippen molar-refractivity contribution in [2.45, 2.75) is 52.2 Å². The maximum atomic E-state index is 12.8. The van der Waals surface area contributed by atoms with E-state index in [1.165, 1.54) is 0 Å². The molecule has 3 rings (SSSR count). The van der Waals surface area contributed by atoms with E-state index in [0.29, 0.717) is 30.9 Å². The van der Waals surface area contributed by atoms with E-state index >= 15 is 0 Å². The average Bonchev–Trinajstić information content (AvgIpc) is 3.25. The number of benzene rings is 1. The second-order valence-corrected chi connectivity index (χ2v) is 9.44. The number of hydrogen-bond acceptors (Lipinski definition) is 6. The van der Waals surface area contributed by atoms with Crippen molar-refractivity contribution in [1.82, 2.24) is 15.1 Å². The largest absolute Gasteiger partial charge is 0.460 e. The number of ketones is 1. The molecule has 2 aromatic rings. The summed E-state index contributed by atoms with van der Waals surface area (Å²) < 4.78 is 7.89. The van der Waals surface area contributed by atoms with E-state index in [0.717, 1.165) is 16.0 Å². The van der Waals surface area contributed by atoms with Crippen LogP contribution < -0.4 is 15.5 Å². The van der Waals surface area contributed by atoms with Gasteiger partial charge in [-0.15, -0.1) is 0 Å². The molecule has 0 unspecified atom stereocenters. The topological polar surface area (TPSA) is 106 Å². The number of nitrogens with zero attached hydrogens (tertiary/aromatic N) is 3. The van der Waals surface area contributed by atoms with Crippen LogP contribution in [0.3, 0.4) is 0 Å². The Labute approximate surface area is 195 Å². The minimum atomic E-state index is -0.530. The normalized spacial score (nSPS) is 13.0. The maximum absolute atomic E-state index is 12.8. The van der Waals surface area contributed by atoms with Gasteiger partial charge in [-0.3, -0.25) is 14.9 Å². The van der Waals surface area contributed by atoms with Crippen molar-refractivity contribution in [3.63, 3.8) is 0 Å². The summed E-state index contributed by atoms with van der Waals surface area (Å²) in [5.41, 5.74) is 0.887. The Balaban J connectivity index is 1.68. The van der Waals surface area contributed by atoms with Crippen LogP contribution in [0.5, 0.6) is 0 Å². The van der Waals surface area contributed by atoms with Crippen LogP contribution in [0, 0.1) is 0 Å². The van der Waals surface area contributed by atoms with Crippen LogP contribution in [0.15, 0.2) is 28.7 Å². The third kappa shape index (κ3) is 6.09. The lowest BCUT2D eigenvalue weighted by Gasteiger charge is -2.19. The molecule has 1 aromatic heterocycles. The number of rotatable bonds is 7. The van der Waals surface area contributed by atoms with Gasteiger partial charge in [0.05, 0.1) is 6.54 Å². The minimum Gasteiger partial charge on any atom is -0.460 e. The van der Waals surface area contributed by atoms with E-state index < -0.39 is 5.60 Å². The number of esters is 1. The van der Waals surface area contributed by atoms with Crippen molar-refractivity contribution in [3.05, 3.63) is 34.3 Å². The predicted molar refractivity (Wildman–Crippen MR) is 125 cm³/mol.